The van der Waals surface area contributed by atoms with E-state index in [0.29, 0.717) is 24.8 Å². The molecule has 1 amide bonds. The predicted octanol–water partition coefficient (Wildman–Crippen LogP) is 0.183. The molecule has 7 heteroatoms. The highest BCUT2D eigenvalue weighted by Gasteiger charge is 2.20. The van der Waals surface area contributed by atoms with Gasteiger partial charge < -0.3 is 15.5 Å². The Bertz CT molecular complexity index is 454. The van der Waals surface area contributed by atoms with Gasteiger partial charge in [0, 0.05) is 26.2 Å². The first kappa shape index (κ1) is 15.9. The molecule has 21 heavy (non-hydrogen) atoms. The van der Waals surface area contributed by atoms with Gasteiger partial charge in [0.05, 0.1) is 12.7 Å². The number of carbonyl (C=O) groups is 1. The van der Waals surface area contributed by atoms with Crippen LogP contribution in [-0.4, -0.2) is 70.0 Å². The zero-order valence-corrected chi connectivity index (χ0v) is 13.0. The molecule has 118 valence electrons. The molecule has 1 aliphatic heterocycles. The molecule has 0 bridgehead atoms. The van der Waals surface area contributed by atoms with Gasteiger partial charge in [-0.1, -0.05) is 5.21 Å². The molecule has 0 saturated carbocycles. The molecular formula is C14H26N6O. The smallest absolute Gasteiger partial charge is 0.275 e. The molecule has 2 heterocycles. The van der Waals surface area contributed by atoms with Gasteiger partial charge in [0.15, 0.2) is 5.69 Å². The van der Waals surface area contributed by atoms with Crippen molar-refractivity contribution in [1.29, 1.82) is 0 Å². The maximum atomic E-state index is 12.3. The maximum absolute atomic E-state index is 12.3. The fourth-order valence-electron chi connectivity index (χ4n) is 2.68. The minimum Gasteiger partial charge on any atom is -0.340 e. The van der Waals surface area contributed by atoms with E-state index in [4.69, 9.17) is 5.73 Å². The SMILES string of the molecule is CC(CCN(C)C(=O)c1cn(CCN)nn1)N1CCCC1. The zero-order chi connectivity index (χ0) is 15.2. The fraction of sp³-hybridized carbons (Fsp3) is 0.786. The third kappa shape index (κ3) is 4.25. The summed E-state index contributed by atoms with van der Waals surface area (Å²) in [6.45, 7) is 6.41. The number of likely N-dealkylation sites (tertiary alicyclic amines) is 1. The van der Waals surface area contributed by atoms with E-state index in [0.717, 1.165) is 13.0 Å². The molecule has 1 aromatic heterocycles. The molecule has 0 aromatic carbocycles. The molecule has 7 nitrogen and oxygen atoms in total. The van der Waals surface area contributed by atoms with Gasteiger partial charge >= 0.3 is 0 Å². The van der Waals surface area contributed by atoms with Crippen LogP contribution in [0.1, 0.15) is 36.7 Å². The molecule has 1 fully saturated rings. The topological polar surface area (TPSA) is 80.3 Å². The quantitative estimate of drug-likeness (QED) is 0.776. The minimum atomic E-state index is -0.0770. The number of nitrogens with zero attached hydrogens (tertiary/aromatic N) is 5. The monoisotopic (exact) mass is 294 g/mol. The Balaban J connectivity index is 1.81. The number of hydrogen-bond donors (Lipinski definition) is 1. The highest BCUT2D eigenvalue weighted by molar-refractivity contribution is 5.91. The number of carbonyl (C=O) groups excluding carboxylic acids is 1. The molecule has 1 unspecified atom stereocenters. The lowest BCUT2D eigenvalue weighted by Gasteiger charge is -2.25. The van der Waals surface area contributed by atoms with E-state index in [-0.39, 0.29) is 5.91 Å². The van der Waals surface area contributed by atoms with Crippen molar-refractivity contribution < 1.29 is 4.79 Å². The van der Waals surface area contributed by atoms with Crippen LogP contribution in [0.5, 0.6) is 0 Å². The predicted molar refractivity (Wildman–Crippen MR) is 80.9 cm³/mol. The molecule has 2 rings (SSSR count). The Hall–Kier alpha value is -1.47. The largest absolute Gasteiger partial charge is 0.340 e. The van der Waals surface area contributed by atoms with Gasteiger partial charge in [-0.15, -0.1) is 5.10 Å². The molecule has 1 atom stereocenters. The standard InChI is InChI=1S/C14H26N6O/c1-12(19-7-3-4-8-19)5-9-18(2)14(21)13-11-20(10-6-15)17-16-13/h11-12H,3-10,15H2,1-2H3. The Kier molecular flexibility index (Phi) is 5.69. The van der Waals surface area contributed by atoms with E-state index >= 15 is 0 Å². The van der Waals surface area contributed by atoms with Gasteiger partial charge in [-0.25, -0.2) is 0 Å². The van der Waals surface area contributed by atoms with Crippen molar-refractivity contribution in [3.05, 3.63) is 11.9 Å². The van der Waals surface area contributed by atoms with E-state index in [9.17, 15) is 4.79 Å². The fourth-order valence-corrected chi connectivity index (χ4v) is 2.68. The summed E-state index contributed by atoms with van der Waals surface area (Å²) in [6.07, 6.45) is 5.24. The van der Waals surface area contributed by atoms with E-state index in [1.807, 2.05) is 7.05 Å². The Morgan fingerprint density at radius 1 is 1.48 bits per heavy atom. The van der Waals surface area contributed by atoms with Gasteiger partial charge in [-0.3, -0.25) is 9.48 Å². The lowest BCUT2D eigenvalue weighted by Crippen LogP contribution is -2.35. The van der Waals surface area contributed by atoms with E-state index in [2.05, 4.69) is 22.1 Å². The Morgan fingerprint density at radius 3 is 2.86 bits per heavy atom. The van der Waals surface area contributed by atoms with Crippen LogP contribution in [0.4, 0.5) is 0 Å². The molecule has 2 N–H and O–H groups in total. The van der Waals surface area contributed by atoms with Gasteiger partial charge in [-0.2, -0.15) is 0 Å². The number of nitrogens with two attached hydrogens (primary N) is 1. The first-order chi connectivity index (χ1) is 10.1. The first-order valence-corrected chi connectivity index (χ1v) is 7.71. The van der Waals surface area contributed by atoms with Crippen molar-refractivity contribution in [3.63, 3.8) is 0 Å². The van der Waals surface area contributed by atoms with Crippen LogP contribution < -0.4 is 5.73 Å². The van der Waals surface area contributed by atoms with Gasteiger partial charge in [0.2, 0.25) is 0 Å². The average Bonchev–Trinajstić information content (AvgIpc) is 3.15. The van der Waals surface area contributed by atoms with E-state index < -0.39 is 0 Å². The average molecular weight is 294 g/mol. The summed E-state index contributed by atoms with van der Waals surface area (Å²) in [5.74, 6) is -0.0770. The molecule has 0 radical (unpaired) electrons. The van der Waals surface area contributed by atoms with E-state index in [1.54, 1.807) is 15.8 Å². The summed E-state index contributed by atoms with van der Waals surface area (Å²) in [4.78, 5) is 16.5. The molecule has 1 saturated heterocycles. The van der Waals surface area contributed by atoms with Crippen LogP contribution in [0.25, 0.3) is 0 Å². The minimum absolute atomic E-state index is 0.0770. The Labute approximate surface area is 126 Å². The zero-order valence-electron chi connectivity index (χ0n) is 13.0. The second kappa shape index (κ2) is 7.51. The van der Waals surface area contributed by atoms with Crippen LogP contribution in [-0.2, 0) is 6.54 Å². The summed E-state index contributed by atoms with van der Waals surface area (Å²) in [5, 5.41) is 7.81. The lowest BCUT2D eigenvalue weighted by molar-refractivity contribution is 0.0775. The van der Waals surface area contributed by atoms with Gasteiger partial charge in [0.25, 0.3) is 5.91 Å². The van der Waals surface area contributed by atoms with Crippen LogP contribution >= 0.6 is 0 Å². The summed E-state index contributed by atoms with van der Waals surface area (Å²) >= 11 is 0. The normalized spacial score (nSPS) is 17.1. The highest BCUT2D eigenvalue weighted by Crippen LogP contribution is 2.14. The summed E-state index contributed by atoms with van der Waals surface area (Å²) in [6, 6.07) is 0.524. The number of amides is 1. The van der Waals surface area contributed by atoms with Gasteiger partial charge in [-0.05, 0) is 39.3 Å². The molecule has 0 aliphatic carbocycles. The molecule has 0 spiro atoms. The van der Waals surface area contributed by atoms with Crippen LogP contribution in [0.15, 0.2) is 6.20 Å². The number of hydrogen-bond acceptors (Lipinski definition) is 5. The maximum Gasteiger partial charge on any atom is 0.275 e. The Morgan fingerprint density at radius 2 is 2.19 bits per heavy atom. The van der Waals surface area contributed by atoms with Crippen LogP contribution in [0, 0.1) is 0 Å². The van der Waals surface area contributed by atoms with E-state index in [1.165, 1.54) is 25.9 Å². The number of aromatic nitrogens is 3. The first-order valence-electron chi connectivity index (χ1n) is 7.71. The number of rotatable bonds is 7. The third-order valence-electron chi connectivity index (χ3n) is 4.11. The third-order valence-corrected chi connectivity index (χ3v) is 4.11. The van der Waals surface area contributed by atoms with Crippen LogP contribution in [0.2, 0.25) is 0 Å². The van der Waals surface area contributed by atoms with Crippen LogP contribution in [0.3, 0.4) is 0 Å². The molecular weight excluding hydrogens is 268 g/mol. The summed E-state index contributed by atoms with van der Waals surface area (Å²) < 4.78 is 1.61. The molecule has 1 aromatic rings. The van der Waals surface area contributed by atoms with Crippen molar-refractivity contribution in [2.45, 2.75) is 38.8 Å². The second-order valence-electron chi connectivity index (χ2n) is 5.76. The van der Waals surface area contributed by atoms with Crippen molar-refractivity contribution in [2.24, 2.45) is 5.73 Å². The van der Waals surface area contributed by atoms with Crippen molar-refractivity contribution in [1.82, 2.24) is 24.8 Å². The lowest BCUT2D eigenvalue weighted by atomic mass is 10.2. The summed E-state index contributed by atoms with van der Waals surface area (Å²) in [7, 11) is 1.82. The van der Waals surface area contributed by atoms with Crippen molar-refractivity contribution in [2.75, 3.05) is 33.2 Å². The summed E-state index contributed by atoms with van der Waals surface area (Å²) in [5.41, 5.74) is 5.85. The van der Waals surface area contributed by atoms with Crippen molar-refractivity contribution in [3.8, 4) is 0 Å². The van der Waals surface area contributed by atoms with Crippen molar-refractivity contribution >= 4 is 5.91 Å². The second-order valence-corrected chi connectivity index (χ2v) is 5.76. The highest BCUT2D eigenvalue weighted by atomic mass is 16.2. The van der Waals surface area contributed by atoms with Gasteiger partial charge in [0.1, 0.15) is 0 Å². The molecule has 1 aliphatic rings.